The van der Waals surface area contributed by atoms with Crippen molar-refractivity contribution in [3.05, 3.63) is 59.9 Å². The second-order valence-corrected chi connectivity index (χ2v) is 4.96. The fourth-order valence-electron chi connectivity index (χ4n) is 1.80. The highest BCUT2D eigenvalue weighted by atomic mass is 19.1. The zero-order chi connectivity index (χ0) is 18.4. The van der Waals surface area contributed by atoms with Crippen LogP contribution < -0.4 is 10.1 Å². The van der Waals surface area contributed by atoms with Gasteiger partial charge in [-0.25, -0.2) is 18.0 Å². The van der Waals surface area contributed by atoms with E-state index in [0.29, 0.717) is 0 Å². The van der Waals surface area contributed by atoms with E-state index in [2.05, 4.69) is 0 Å². The Hall–Kier alpha value is -3.03. The van der Waals surface area contributed by atoms with Gasteiger partial charge in [0.2, 0.25) is 0 Å². The first-order valence-electron chi connectivity index (χ1n) is 7.19. The van der Waals surface area contributed by atoms with E-state index in [1.807, 2.05) is 5.32 Å². The van der Waals surface area contributed by atoms with Gasteiger partial charge < -0.3 is 14.8 Å². The minimum atomic E-state index is -1.30. The van der Waals surface area contributed by atoms with E-state index >= 15 is 0 Å². The predicted octanol–water partition coefficient (Wildman–Crippen LogP) is 3.05. The van der Waals surface area contributed by atoms with Gasteiger partial charge in [-0.15, -0.1) is 0 Å². The first-order chi connectivity index (χ1) is 11.9. The molecule has 1 amide bonds. The van der Waals surface area contributed by atoms with Crippen molar-refractivity contribution in [1.29, 1.82) is 0 Å². The summed E-state index contributed by atoms with van der Waals surface area (Å²) in [5, 5.41) is 2.01. The third kappa shape index (κ3) is 5.23. The van der Waals surface area contributed by atoms with Crippen LogP contribution in [0.5, 0.6) is 5.75 Å². The van der Waals surface area contributed by atoms with Gasteiger partial charge in [-0.2, -0.15) is 0 Å². The number of nitrogens with one attached hydrogen (secondary N) is 1. The number of halogens is 3. The highest BCUT2D eigenvalue weighted by Gasteiger charge is 2.21. The summed E-state index contributed by atoms with van der Waals surface area (Å²) in [5.41, 5.74) is -0.627. The molecule has 2 aromatic carbocycles. The van der Waals surface area contributed by atoms with Crippen molar-refractivity contribution < 1.29 is 32.2 Å². The Morgan fingerprint density at radius 2 is 1.64 bits per heavy atom. The molecular formula is C17H14F3NO4. The summed E-state index contributed by atoms with van der Waals surface area (Å²) in [4.78, 5) is 23.5. The van der Waals surface area contributed by atoms with E-state index < -0.39 is 47.7 Å². The quantitative estimate of drug-likeness (QED) is 0.811. The molecule has 0 saturated heterocycles. The summed E-state index contributed by atoms with van der Waals surface area (Å²) in [6, 6.07) is 8.05. The average Bonchev–Trinajstić information content (AvgIpc) is 2.57. The van der Waals surface area contributed by atoms with Crippen molar-refractivity contribution in [2.24, 2.45) is 0 Å². The normalized spacial score (nSPS) is 11.5. The van der Waals surface area contributed by atoms with Crippen molar-refractivity contribution in [3.63, 3.8) is 0 Å². The molecule has 0 radical (unpaired) electrons. The Labute approximate surface area is 141 Å². The number of ether oxygens (including phenoxy) is 2. The summed E-state index contributed by atoms with van der Waals surface area (Å²) in [6.45, 7) is 0.723. The molecule has 0 fully saturated rings. The molecule has 0 bridgehead atoms. The Morgan fingerprint density at radius 3 is 2.24 bits per heavy atom. The molecule has 25 heavy (non-hydrogen) atoms. The molecule has 2 aromatic rings. The minimum Gasteiger partial charge on any atom is -0.482 e. The van der Waals surface area contributed by atoms with E-state index in [1.54, 1.807) is 0 Å². The summed E-state index contributed by atoms with van der Waals surface area (Å²) in [7, 11) is 0. The van der Waals surface area contributed by atoms with Gasteiger partial charge in [0.25, 0.3) is 5.91 Å². The molecule has 0 spiro atoms. The van der Waals surface area contributed by atoms with Gasteiger partial charge in [0, 0.05) is 0 Å². The fourth-order valence-corrected chi connectivity index (χ4v) is 1.80. The van der Waals surface area contributed by atoms with Crippen LogP contribution in [0.2, 0.25) is 0 Å². The summed E-state index contributed by atoms with van der Waals surface area (Å²) in [6.07, 6.45) is -1.30. The fraction of sp³-hybridized carbons (Fsp3) is 0.176. The number of carbonyl (C=O) groups is 2. The number of para-hydroxylation sites is 1. The van der Waals surface area contributed by atoms with E-state index in [1.165, 1.54) is 19.1 Å². The Bertz CT molecular complexity index is 745. The Balaban J connectivity index is 1.85. The smallest absolute Gasteiger partial charge is 0.344 e. The van der Waals surface area contributed by atoms with Crippen LogP contribution in [0, 0.1) is 17.5 Å². The number of hydrogen-bond donors (Lipinski definition) is 1. The summed E-state index contributed by atoms with van der Waals surface area (Å²) < 4.78 is 49.5. The monoisotopic (exact) mass is 353 g/mol. The Kier molecular flexibility index (Phi) is 5.99. The number of anilines is 1. The van der Waals surface area contributed by atoms with Crippen LogP contribution in [0.4, 0.5) is 18.9 Å². The topological polar surface area (TPSA) is 64.6 Å². The minimum absolute atomic E-state index is 0.240. The first kappa shape index (κ1) is 18.3. The van der Waals surface area contributed by atoms with Crippen LogP contribution in [-0.4, -0.2) is 24.6 Å². The van der Waals surface area contributed by atoms with Crippen molar-refractivity contribution in [2.45, 2.75) is 13.0 Å². The average molecular weight is 353 g/mol. The molecule has 0 aromatic heterocycles. The highest BCUT2D eigenvalue weighted by molar-refractivity contribution is 5.95. The van der Waals surface area contributed by atoms with Crippen molar-refractivity contribution >= 4 is 17.6 Å². The molecule has 8 heteroatoms. The molecule has 5 nitrogen and oxygen atoms in total. The first-order valence-corrected chi connectivity index (χ1v) is 7.19. The lowest BCUT2D eigenvalue weighted by Gasteiger charge is -2.14. The second-order valence-electron chi connectivity index (χ2n) is 4.96. The van der Waals surface area contributed by atoms with E-state index in [-0.39, 0.29) is 5.75 Å². The number of esters is 1. The lowest BCUT2D eigenvalue weighted by Crippen LogP contribution is -2.32. The maximum atomic E-state index is 13.5. The van der Waals surface area contributed by atoms with Gasteiger partial charge in [-0.1, -0.05) is 6.07 Å². The Morgan fingerprint density at radius 1 is 1.04 bits per heavy atom. The zero-order valence-corrected chi connectivity index (χ0v) is 13.1. The summed E-state index contributed by atoms with van der Waals surface area (Å²) >= 11 is 0. The van der Waals surface area contributed by atoms with E-state index in [4.69, 9.17) is 9.47 Å². The number of benzene rings is 2. The molecule has 0 aliphatic rings. The van der Waals surface area contributed by atoms with Crippen LogP contribution in [0.15, 0.2) is 42.5 Å². The molecule has 0 aliphatic heterocycles. The standard InChI is InChI=1S/C17H14F3NO4/c1-10(17(23)21-16-13(19)3-2-4-14(16)20)25-15(22)9-24-12-7-5-11(18)6-8-12/h2-8,10H,9H2,1H3,(H,21,23)/t10-/m0/s1. The van der Waals surface area contributed by atoms with Gasteiger partial charge in [0.15, 0.2) is 12.7 Å². The molecule has 1 atom stereocenters. The predicted molar refractivity (Wildman–Crippen MR) is 82.4 cm³/mol. The van der Waals surface area contributed by atoms with Crippen LogP contribution in [-0.2, 0) is 14.3 Å². The van der Waals surface area contributed by atoms with Gasteiger partial charge in [-0.3, -0.25) is 4.79 Å². The molecular weight excluding hydrogens is 339 g/mol. The number of carbonyl (C=O) groups excluding carboxylic acids is 2. The van der Waals surface area contributed by atoms with E-state index in [0.717, 1.165) is 30.3 Å². The molecule has 0 saturated carbocycles. The highest BCUT2D eigenvalue weighted by Crippen LogP contribution is 2.18. The third-order valence-electron chi connectivity index (χ3n) is 3.06. The SMILES string of the molecule is C[C@H](OC(=O)COc1ccc(F)cc1)C(=O)Nc1c(F)cccc1F. The zero-order valence-electron chi connectivity index (χ0n) is 13.1. The van der Waals surface area contributed by atoms with Crippen LogP contribution in [0.25, 0.3) is 0 Å². The van der Waals surface area contributed by atoms with Gasteiger partial charge >= 0.3 is 5.97 Å². The van der Waals surface area contributed by atoms with Crippen LogP contribution >= 0.6 is 0 Å². The van der Waals surface area contributed by atoms with Crippen molar-refractivity contribution in [3.8, 4) is 5.75 Å². The molecule has 1 N–H and O–H groups in total. The lowest BCUT2D eigenvalue weighted by atomic mass is 10.2. The molecule has 132 valence electrons. The largest absolute Gasteiger partial charge is 0.482 e. The number of rotatable bonds is 6. The number of hydrogen-bond acceptors (Lipinski definition) is 4. The van der Waals surface area contributed by atoms with Crippen molar-refractivity contribution in [2.75, 3.05) is 11.9 Å². The van der Waals surface area contributed by atoms with Gasteiger partial charge in [0.1, 0.15) is 28.9 Å². The van der Waals surface area contributed by atoms with E-state index in [9.17, 15) is 22.8 Å². The van der Waals surface area contributed by atoms with Crippen molar-refractivity contribution in [1.82, 2.24) is 0 Å². The lowest BCUT2D eigenvalue weighted by molar-refractivity contribution is -0.155. The summed E-state index contributed by atoms with van der Waals surface area (Å²) in [5.74, 6) is -3.90. The molecule has 0 heterocycles. The molecule has 0 aliphatic carbocycles. The maximum absolute atomic E-state index is 13.5. The maximum Gasteiger partial charge on any atom is 0.344 e. The third-order valence-corrected chi connectivity index (χ3v) is 3.06. The van der Waals surface area contributed by atoms with Crippen LogP contribution in [0.1, 0.15) is 6.92 Å². The number of amides is 1. The van der Waals surface area contributed by atoms with Gasteiger partial charge in [-0.05, 0) is 43.3 Å². The van der Waals surface area contributed by atoms with Crippen LogP contribution in [0.3, 0.4) is 0 Å². The molecule has 0 unspecified atom stereocenters. The molecule has 2 rings (SSSR count). The van der Waals surface area contributed by atoms with Gasteiger partial charge in [0.05, 0.1) is 0 Å². The second kappa shape index (κ2) is 8.18.